The van der Waals surface area contributed by atoms with Gasteiger partial charge in [-0.2, -0.15) is 0 Å². The first-order valence-corrected chi connectivity index (χ1v) is 13.8. The Balaban J connectivity index is 1.17. The molecule has 7 heteroatoms. The zero-order valence-corrected chi connectivity index (χ0v) is 22.7. The van der Waals surface area contributed by atoms with Gasteiger partial charge in [-0.1, -0.05) is 30.3 Å². The molecule has 0 radical (unpaired) electrons. The van der Waals surface area contributed by atoms with Crippen molar-refractivity contribution in [2.45, 2.75) is 70.9 Å². The maximum absolute atomic E-state index is 12.5. The van der Waals surface area contributed by atoms with Crippen LogP contribution in [-0.4, -0.2) is 67.1 Å². The lowest BCUT2D eigenvalue weighted by Crippen LogP contribution is -2.42. The first-order valence-electron chi connectivity index (χ1n) is 13.8. The predicted molar refractivity (Wildman–Crippen MR) is 146 cm³/mol. The van der Waals surface area contributed by atoms with Crippen LogP contribution >= 0.6 is 0 Å². The van der Waals surface area contributed by atoms with Gasteiger partial charge in [0.1, 0.15) is 18.0 Å². The molecule has 1 aromatic carbocycles. The summed E-state index contributed by atoms with van der Waals surface area (Å²) in [6, 6.07) is 12.6. The third-order valence-electron chi connectivity index (χ3n) is 7.17. The minimum Gasteiger partial charge on any atom is -0.490 e. The largest absolute Gasteiger partial charge is 0.490 e. The van der Waals surface area contributed by atoms with Gasteiger partial charge < -0.3 is 24.0 Å². The lowest BCUT2D eigenvalue weighted by atomic mass is 9.94. The van der Waals surface area contributed by atoms with E-state index in [0.717, 1.165) is 63.4 Å². The number of carbonyl (C=O) groups is 1. The van der Waals surface area contributed by atoms with E-state index in [0.29, 0.717) is 19.1 Å². The van der Waals surface area contributed by atoms with Gasteiger partial charge in [0.05, 0.1) is 30.7 Å². The number of rotatable bonds is 10. The minimum atomic E-state index is -0.494. The number of pyridine rings is 1. The molecule has 3 heterocycles. The molecule has 2 aromatic rings. The highest BCUT2D eigenvalue weighted by atomic mass is 16.6. The van der Waals surface area contributed by atoms with E-state index >= 15 is 0 Å². The molecule has 1 amide bonds. The molecule has 2 saturated heterocycles. The average molecular weight is 510 g/mol. The fourth-order valence-electron chi connectivity index (χ4n) is 5.09. The van der Waals surface area contributed by atoms with E-state index in [4.69, 9.17) is 14.2 Å². The number of carbonyl (C=O) groups excluding carboxylic acids is 1. The summed E-state index contributed by atoms with van der Waals surface area (Å²) in [6.45, 7) is 10.5. The van der Waals surface area contributed by atoms with Crippen molar-refractivity contribution >= 4 is 11.8 Å². The number of hydrogen-bond donors (Lipinski definition) is 0. The molecular formula is C30H43N3O4. The molecule has 1 atom stereocenters. The van der Waals surface area contributed by atoms with E-state index in [1.807, 2.05) is 33.0 Å². The van der Waals surface area contributed by atoms with Crippen LogP contribution in [0.25, 0.3) is 0 Å². The van der Waals surface area contributed by atoms with Crippen LogP contribution in [0.15, 0.2) is 48.8 Å². The molecule has 0 N–H and O–H groups in total. The van der Waals surface area contributed by atoms with Crippen molar-refractivity contribution in [3.8, 4) is 5.75 Å². The van der Waals surface area contributed by atoms with Crippen molar-refractivity contribution < 1.29 is 19.0 Å². The molecule has 0 unspecified atom stereocenters. The number of aromatic nitrogens is 1. The van der Waals surface area contributed by atoms with Gasteiger partial charge in [-0.05, 0) is 70.8 Å². The van der Waals surface area contributed by atoms with E-state index in [1.165, 1.54) is 18.4 Å². The van der Waals surface area contributed by atoms with Gasteiger partial charge in [0.25, 0.3) is 0 Å². The van der Waals surface area contributed by atoms with E-state index in [-0.39, 0.29) is 12.1 Å². The molecule has 4 rings (SSSR count). The smallest absolute Gasteiger partial charge is 0.410 e. The van der Waals surface area contributed by atoms with E-state index < -0.39 is 5.60 Å². The summed E-state index contributed by atoms with van der Waals surface area (Å²) >= 11 is 0. The maximum Gasteiger partial charge on any atom is 0.410 e. The molecule has 2 fully saturated rings. The number of hydrogen-bond acceptors (Lipinski definition) is 6. The summed E-state index contributed by atoms with van der Waals surface area (Å²) in [4.78, 5) is 21.2. The van der Waals surface area contributed by atoms with Crippen LogP contribution in [-0.2, 0) is 15.9 Å². The number of likely N-dealkylation sites (tertiary alicyclic amines) is 1. The Labute approximate surface area is 222 Å². The standard InChI is InChI=1S/C30H43N3O4/c1-30(2,3)37-29(34)33-15-7-10-26(33)23-36-28-20-27(21-31-22-28)32-16-11-25(12-17-32)14-19-35-18-13-24-8-5-4-6-9-24/h4-6,8-9,20-22,25-26H,7,10-19,23H2,1-3H3/t26-/m0/s1. The van der Waals surface area contributed by atoms with E-state index in [2.05, 4.69) is 40.2 Å². The SMILES string of the molecule is CC(C)(C)OC(=O)N1CCC[C@H]1COc1cncc(N2CCC(CCOCCc3ccccc3)CC2)c1. The highest BCUT2D eigenvalue weighted by Crippen LogP contribution is 2.28. The molecule has 0 aliphatic carbocycles. The predicted octanol–water partition coefficient (Wildman–Crippen LogP) is 5.73. The second-order valence-electron chi connectivity index (χ2n) is 11.2. The van der Waals surface area contributed by atoms with Gasteiger partial charge in [-0.25, -0.2) is 4.79 Å². The van der Waals surface area contributed by atoms with E-state index in [9.17, 15) is 4.79 Å². The highest BCUT2D eigenvalue weighted by molar-refractivity contribution is 5.69. The van der Waals surface area contributed by atoms with E-state index in [1.54, 1.807) is 11.1 Å². The summed E-state index contributed by atoms with van der Waals surface area (Å²) in [6.07, 6.45) is 9.76. The van der Waals surface area contributed by atoms with Crippen LogP contribution in [0.3, 0.4) is 0 Å². The Bertz CT molecular complexity index is 970. The van der Waals surface area contributed by atoms with Crippen molar-refractivity contribution in [1.29, 1.82) is 0 Å². The fourth-order valence-corrected chi connectivity index (χ4v) is 5.09. The number of piperidine rings is 1. The minimum absolute atomic E-state index is 0.0316. The van der Waals surface area contributed by atoms with Gasteiger partial charge >= 0.3 is 6.09 Å². The monoisotopic (exact) mass is 509 g/mol. The van der Waals surface area contributed by atoms with Gasteiger partial charge in [0, 0.05) is 32.3 Å². The molecular weight excluding hydrogens is 466 g/mol. The summed E-state index contributed by atoms with van der Waals surface area (Å²) in [5, 5.41) is 0. The van der Waals surface area contributed by atoms with Crippen LogP contribution in [0, 0.1) is 5.92 Å². The van der Waals surface area contributed by atoms with Crippen LogP contribution < -0.4 is 9.64 Å². The van der Waals surface area contributed by atoms with Crippen molar-refractivity contribution in [2.75, 3.05) is 44.4 Å². The Kier molecular flexibility index (Phi) is 9.67. The Hall–Kier alpha value is -2.80. The normalized spacial score (nSPS) is 18.7. The Morgan fingerprint density at radius 3 is 2.57 bits per heavy atom. The average Bonchev–Trinajstić information content (AvgIpc) is 3.37. The zero-order chi connectivity index (χ0) is 26.1. The van der Waals surface area contributed by atoms with Crippen LogP contribution in [0.2, 0.25) is 0 Å². The third-order valence-corrected chi connectivity index (χ3v) is 7.17. The molecule has 0 bridgehead atoms. The Morgan fingerprint density at radius 1 is 1.03 bits per heavy atom. The molecule has 7 nitrogen and oxygen atoms in total. The quantitative estimate of drug-likeness (QED) is 0.382. The topological polar surface area (TPSA) is 64.1 Å². The molecule has 0 saturated carbocycles. The third kappa shape index (κ3) is 8.63. The fraction of sp³-hybridized carbons (Fsp3) is 0.600. The van der Waals surface area contributed by atoms with Gasteiger partial charge in [-0.15, -0.1) is 0 Å². The maximum atomic E-state index is 12.5. The zero-order valence-electron chi connectivity index (χ0n) is 22.7. The summed E-state index contributed by atoms with van der Waals surface area (Å²) in [5.41, 5.74) is 1.94. The van der Waals surface area contributed by atoms with Crippen molar-refractivity contribution in [3.63, 3.8) is 0 Å². The molecule has 2 aliphatic rings. The summed E-state index contributed by atoms with van der Waals surface area (Å²) in [7, 11) is 0. The van der Waals surface area contributed by atoms with Gasteiger partial charge in [0.15, 0.2) is 0 Å². The summed E-state index contributed by atoms with van der Waals surface area (Å²) in [5.74, 6) is 1.46. The first kappa shape index (κ1) is 27.2. The number of anilines is 1. The van der Waals surface area contributed by atoms with Gasteiger partial charge in [0.2, 0.25) is 0 Å². The molecule has 0 spiro atoms. The van der Waals surface area contributed by atoms with Crippen molar-refractivity contribution in [3.05, 3.63) is 54.4 Å². The second kappa shape index (κ2) is 13.1. The van der Waals surface area contributed by atoms with Crippen LogP contribution in [0.1, 0.15) is 58.4 Å². The number of amides is 1. The first-order chi connectivity index (χ1) is 17.9. The van der Waals surface area contributed by atoms with Crippen molar-refractivity contribution in [2.24, 2.45) is 5.92 Å². The highest BCUT2D eigenvalue weighted by Gasteiger charge is 2.32. The molecule has 2 aliphatic heterocycles. The number of benzene rings is 1. The van der Waals surface area contributed by atoms with Crippen LogP contribution in [0.4, 0.5) is 10.5 Å². The lowest BCUT2D eigenvalue weighted by Gasteiger charge is -2.33. The summed E-state index contributed by atoms with van der Waals surface area (Å²) < 4.78 is 17.6. The lowest BCUT2D eigenvalue weighted by molar-refractivity contribution is 0.0187. The van der Waals surface area contributed by atoms with Gasteiger partial charge in [-0.3, -0.25) is 4.98 Å². The Morgan fingerprint density at radius 2 is 1.81 bits per heavy atom. The van der Waals surface area contributed by atoms with Crippen molar-refractivity contribution in [1.82, 2.24) is 9.88 Å². The number of ether oxygens (including phenoxy) is 3. The second-order valence-corrected chi connectivity index (χ2v) is 11.2. The number of nitrogens with zero attached hydrogens (tertiary/aromatic N) is 3. The molecule has 202 valence electrons. The molecule has 37 heavy (non-hydrogen) atoms. The van der Waals surface area contributed by atoms with Crippen LogP contribution in [0.5, 0.6) is 5.75 Å². The molecule has 1 aromatic heterocycles.